The fourth-order valence-corrected chi connectivity index (χ4v) is 3.19. The lowest BCUT2D eigenvalue weighted by atomic mass is 9.81. The Balaban J connectivity index is 1.57. The number of aromatic nitrogens is 3. The average molecular weight is 342 g/mol. The Hall–Kier alpha value is -2.70. The quantitative estimate of drug-likeness (QED) is 0.869. The van der Waals surface area contributed by atoms with Crippen LogP contribution in [0.2, 0.25) is 0 Å². The molecule has 1 heterocycles. The summed E-state index contributed by atoms with van der Waals surface area (Å²) in [7, 11) is 0. The summed E-state index contributed by atoms with van der Waals surface area (Å²) >= 11 is 0. The fourth-order valence-electron chi connectivity index (χ4n) is 3.19. The summed E-state index contributed by atoms with van der Waals surface area (Å²) < 4.78 is 1.68. The molecule has 0 radical (unpaired) electrons. The molecule has 1 aliphatic rings. The first-order chi connectivity index (χ1) is 12.0. The Labute approximate surface area is 146 Å². The molecule has 2 N–H and O–H groups in total. The summed E-state index contributed by atoms with van der Waals surface area (Å²) in [6.45, 7) is 1.88. The summed E-state index contributed by atoms with van der Waals surface area (Å²) in [6.07, 6.45) is 4.16. The highest BCUT2D eigenvalue weighted by atomic mass is 16.4. The molecule has 3 rings (SSSR count). The number of hydrogen-bond acceptors (Lipinski definition) is 4. The van der Waals surface area contributed by atoms with Gasteiger partial charge in [0.25, 0.3) is 0 Å². The van der Waals surface area contributed by atoms with Crippen LogP contribution < -0.4 is 5.32 Å². The third-order valence-electron chi connectivity index (χ3n) is 4.78. The molecular weight excluding hydrogens is 320 g/mol. The predicted octanol–water partition coefficient (Wildman–Crippen LogP) is 2.34. The van der Waals surface area contributed by atoms with Gasteiger partial charge in [0.05, 0.1) is 23.8 Å². The normalized spacial score (nSPS) is 21.5. The molecule has 0 saturated heterocycles. The van der Waals surface area contributed by atoms with Crippen LogP contribution in [0.15, 0.2) is 36.5 Å². The molecule has 1 atom stereocenters. The van der Waals surface area contributed by atoms with Gasteiger partial charge in [-0.3, -0.25) is 9.59 Å². The highest BCUT2D eigenvalue weighted by Crippen LogP contribution is 2.29. The van der Waals surface area contributed by atoms with E-state index in [1.165, 1.54) is 0 Å². The van der Waals surface area contributed by atoms with Crippen LogP contribution in [0, 0.1) is 11.8 Å². The van der Waals surface area contributed by atoms with Crippen LogP contribution in [0.25, 0.3) is 5.69 Å². The van der Waals surface area contributed by atoms with Crippen molar-refractivity contribution in [2.75, 3.05) is 0 Å². The number of carboxylic acid groups (broad SMARTS) is 1. The molecule has 132 valence electrons. The maximum Gasteiger partial charge on any atom is 0.306 e. The van der Waals surface area contributed by atoms with Gasteiger partial charge < -0.3 is 10.4 Å². The molecule has 1 fully saturated rings. The molecule has 0 bridgehead atoms. The second kappa shape index (κ2) is 7.46. The van der Waals surface area contributed by atoms with E-state index in [9.17, 15) is 9.59 Å². The molecular formula is C18H22N4O3. The van der Waals surface area contributed by atoms with Gasteiger partial charge in [0, 0.05) is 5.92 Å². The molecule has 1 saturated carbocycles. The summed E-state index contributed by atoms with van der Waals surface area (Å²) in [6, 6.07) is 9.40. The first-order valence-corrected chi connectivity index (χ1v) is 8.55. The van der Waals surface area contributed by atoms with Crippen LogP contribution in [-0.2, 0) is 9.59 Å². The summed E-state index contributed by atoms with van der Waals surface area (Å²) in [4.78, 5) is 23.4. The molecule has 25 heavy (non-hydrogen) atoms. The van der Waals surface area contributed by atoms with Gasteiger partial charge in [0.2, 0.25) is 5.91 Å². The third kappa shape index (κ3) is 4.04. The predicted molar refractivity (Wildman–Crippen MR) is 91.0 cm³/mol. The molecule has 2 aromatic rings. The van der Waals surface area contributed by atoms with Gasteiger partial charge in [0.15, 0.2) is 0 Å². The maximum atomic E-state index is 12.4. The number of aliphatic carboxylic acids is 1. The molecule has 1 aromatic heterocycles. The van der Waals surface area contributed by atoms with Gasteiger partial charge in [-0.25, -0.2) is 4.68 Å². The Morgan fingerprint density at radius 2 is 1.80 bits per heavy atom. The minimum atomic E-state index is -0.759. The summed E-state index contributed by atoms with van der Waals surface area (Å²) in [5.74, 6) is -1.23. The number of para-hydroxylation sites is 1. The van der Waals surface area contributed by atoms with E-state index in [0.717, 1.165) is 5.69 Å². The van der Waals surface area contributed by atoms with E-state index in [0.29, 0.717) is 31.4 Å². The Morgan fingerprint density at radius 1 is 1.16 bits per heavy atom. The Kier molecular flexibility index (Phi) is 5.11. The largest absolute Gasteiger partial charge is 0.481 e. The lowest BCUT2D eigenvalue weighted by molar-refractivity contribution is -0.144. The van der Waals surface area contributed by atoms with Gasteiger partial charge in [-0.2, -0.15) is 0 Å². The van der Waals surface area contributed by atoms with Crippen molar-refractivity contribution < 1.29 is 14.7 Å². The van der Waals surface area contributed by atoms with E-state index in [1.807, 2.05) is 43.5 Å². The monoisotopic (exact) mass is 342 g/mol. The van der Waals surface area contributed by atoms with Crippen molar-refractivity contribution in [3.8, 4) is 5.69 Å². The first-order valence-electron chi connectivity index (χ1n) is 8.55. The zero-order valence-corrected chi connectivity index (χ0v) is 14.1. The van der Waals surface area contributed by atoms with Crippen molar-refractivity contribution in [3.63, 3.8) is 0 Å². The second-order valence-corrected chi connectivity index (χ2v) is 6.54. The van der Waals surface area contributed by atoms with E-state index in [2.05, 4.69) is 15.6 Å². The molecule has 0 spiro atoms. The van der Waals surface area contributed by atoms with E-state index in [-0.39, 0.29) is 23.8 Å². The highest BCUT2D eigenvalue weighted by Gasteiger charge is 2.30. The first kappa shape index (κ1) is 17.1. The summed E-state index contributed by atoms with van der Waals surface area (Å²) in [5, 5.41) is 20.3. The fraction of sp³-hybridized carbons (Fsp3) is 0.444. The Bertz CT molecular complexity index is 736. The van der Waals surface area contributed by atoms with Crippen LogP contribution in [0.1, 0.15) is 44.3 Å². The molecule has 1 unspecified atom stereocenters. The highest BCUT2D eigenvalue weighted by molar-refractivity contribution is 5.79. The van der Waals surface area contributed by atoms with Crippen molar-refractivity contribution >= 4 is 11.9 Å². The van der Waals surface area contributed by atoms with Crippen molar-refractivity contribution in [3.05, 3.63) is 42.2 Å². The van der Waals surface area contributed by atoms with Crippen molar-refractivity contribution in [2.24, 2.45) is 11.8 Å². The van der Waals surface area contributed by atoms with E-state index in [4.69, 9.17) is 5.11 Å². The van der Waals surface area contributed by atoms with Crippen molar-refractivity contribution in [2.45, 2.75) is 38.6 Å². The standard InChI is InChI=1S/C18H22N4O3/c1-12(16-11-22(21-20-16)15-5-3-2-4-6-15)19-17(23)13-7-9-14(10-8-13)18(24)25/h2-6,11-14H,7-10H2,1H3,(H,19,23)(H,24,25). The van der Waals surface area contributed by atoms with Gasteiger partial charge in [-0.15, -0.1) is 5.10 Å². The zero-order valence-electron chi connectivity index (χ0n) is 14.1. The number of hydrogen-bond donors (Lipinski definition) is 2. The molecule has 1 amide bonds. The lowest BCUT2D eigenvalue weighted by Crippen LogP contribution is -2.35. The number of amides is 1. The van der Waals surface area contributed by atoms with Gasteiger partial charge >= 0.3 is 5.97 Å². The van der Waals surface area contributed by atoms with E-state index < -0.39 is 5.97 Å². The van der Waals surface area contributed by atoms with Crippen molar-refractivity contribution in [1.29, 1.82) is 0 Å². The van der Waals surface area contributed by atoms with Gasteiger partial charge in [-0.05, 0) is 44.7 Å². The van der Waals surface area contributed by atoms with Crippen LogP contribution in [0.5, 0.6) is 0 Å². The van der Waals surface area contributed by atoms with E-state index in [1.54, 1.807) is 4.68 Å². The SMILES string of the molecule is CC(NC(=O)C1CCC(C(=O)O)CC1)c1cn(-c2ccccc2)nn1. The number of nitrogens with one attached hydrogen (secondary N) is 1. The Morgan fingerprint density at radius 3 is 2.44 bits per heavy atom. The topological polar surface area (TPSA) is 97.1 Å². The zero-order chi connectivity index (χ0) is 17.8. The molecule has 1 aromatic carbocycles. The third-order valence-corrected chi connectivity index (χ3v) is 4.78. The van der Waals surface area contributed by atoms with Crippen molar-refractivity contribution in [1.82, 2.24) is 20.3 Å². The van der Waals surface area contributed by atoms with E-state index >= 15 is 0 Å². The lowest BCUT2D eigenvalue weighted by Gasteiger charge is -2.26. The smallest absolute Gasteiger partial charge is 0.306 e. The number of benzene rings is 1. The second-order valence-electron chi connectivity index (χ2n) is 6.54. The molecule has 7 heteroatoms. The van der Waals surface area contributed by atoms with Crippen LogP contribution in [0.3, 0.4) is 0 Å². The number of nitrogens with zero attached hydrogens (tertiary/aromatic N) is 3. The minimum Gasteiger partial charge on any atom is -0.481 e. The number of carboxylic acids is 1. The maximum absolute atomic E-state index is 12.4. The van der Waals surface area contributed by atoms with Crippen LogP contribution in [-0.4, -0.2) is 32.0 Å². The molecule has 0 aliphatic heterocycles. The van der Waals surface area contributed by atoms with Gasteiger partial charge in [-0.1, -0.05) is 23.4 Å². The van der Waals surface area contributed by atoms with Crippen LogP contribution >= 0.6 is 0 Å². The average Bonchev–Trinajstić information content (AvgIpc) is 3.13. The molecule has 1 aliphatic carbocycles. The molecule has 7 nitrogen and oxygen atoms in total. The summed E-state index contributed by atoms with van der Waals surface area (Å²) in [5.41, 5.74) is 1.60. The number of rotatable bonds is 5. The minimum absolute atomic E-state index is 0.0365. The van der Waals surface area contributed by atoms with Gasteiger partial charge in [0.1, 0.15) is 5.69 Å². The van der Waals surface area contributed by atoms with Crippen LogP contribution in [0.4, 0.5) is 0 Å². The number of carbonyl (C=O) groups excluding carboxylic acids is 1. The number of carbonyl (C=O) groups is 2.